The van der Waals surface area contributed by atoms with Gasteiger partial charge in [0, 0.05) is 19.6 Å². The van der Waals surface area contributed by atoms with Crippen LogP contribution in [0.1, 0.15) is 18.9 Å². The van der Waals surface area contributed by atoms with Crippen LogP contribution in [-0.4, -0.2) is 35.7 Å². The topological polar surface area (TPSA) is 51.6 Å². The summed E-state index contributed by atoms with van der Waals surface area (Å²) in [5.74, 6) is 0. The lowest BCUT2D eigenvalue weighted by Crippen LogP contribution is -2.33. The van der Waals surface area contributed by atoms with Crippen LogP contribution >= 0.6 is 11.3 Å². The highest BCUT2D eigenvalue weighted by molar-refractivity contribution is 7.18. The second-order valence-electron chi connectivity index (χ2n) is 4.13. The first-order chi connectivity index (χ1) is 9.24. The third kappa shape index (κ3) is 3.73. The fraction of sp³-hybridized carbons (Fsp3) is 0.500. The number of fused-ring (bicyclic) bond motifs is 1. The molecule has 0 radical (unpaired) electrons. The van der Waals surface area contributed by atoms with E-state index in [1.807, 2.05) is 38.1 Å². The van der Waals surface area contributed by atoms with E-state index in [9.17, 15) is 5.11 Å². The van der Waals surface area contributed by atoms with Crippen molar-refractivity contribution in [2.75, 3.05) is 13.2 Å². The van der Waals surface area contributed by atoms with Crippen LogP contribution in [0.15, 0.2) is 24.3 Å². The van der Waals surface area contributed by atoms with Gasteiger partial charge in [-0.05, 0) is 26.0 Å². The highest BCUT2D eigenvalue weighted by atomic mass is 32.1. The Kier molecular flexibility index (Phi) is 5.27. The summed E-state index contributed by atoms with van der Waals surface area (Å²) in [5, 5.41) is 11.1. The average Bonchev–Trinajstić information content (AvgIpc) is 2.80. The molecule has 1 unspecified atom stereocenters. The Morgan fingerprint density at radius 2 is 1.89 bits per heavy atom. The summed E-state index contributed by atoms with van der Waals surface area (Å²) in [6.45, 7) is 4.80. The maximum atomic E-state index is 10.2. The highest BCUT2D eigenvalue weighted by Gasteiger charge is 2.21. The van der Waals surface area contributed by atoms with E-state index in [-0.39, 0.29) is 0 Å². The number of hydrogen-bond donors (Lipinski definition) is 1. The van der Waals surface area contributed by atoms with E-state index in [0.29, 0.717) is 19.6 Å². The molecule has 19 heavy (non-hydrogen) atoms. The molecule has 0 saturated carbocycles. The first-order valence-electron chi connectivity index (χ1n) is 6.50. The summed E-state index contributed by atoms with van der Waals surface area (Å²) in [6.07, 6.45) is -0.827. The number of thiazole rings is 1. The van der Waals surface area contributed by atoms with Gasteiger partial charge in [-0.3, -0.25) is 0 Å². The SMILES string of the molecule is CCOC(OCC)C(O)Cc1nc2ccccc2s1. The van der Waals surface area contributed by atoms with Crippen molar-refractivity contribution in [3.8, 4) is 0 Å². The predicted molar refractivity (Wildman–Crippen MR) is 76.4 cm³/mol. The fourth-order valence-corrected chi connectivity index (χ4v) is 2.90. The average molecular weight is 281 g/mol. The molecule has 0 aliphatic heterocycles. The normalized spacial score (nSPS) is 13.3. The second-order valence-corrected chi connectivity index (χ2v) is 5.24. The Balaban J connectivity index is 2.05. The van der Waals surface area contributed by atoms with E-state index in [1.54, 1.807) is 11.3 Å². The standard InChI is InChI=1S/C14H19NO3S/c1-3-17-14(18-4-2)11(16)9-13-15-10-7-5-6-8-12(10)19-13/h5-8,11,14,16H,3-4,9H2,1-2H3. The number of aliphatic hydroxyl groups excluding tert-OH is 1. The number of nitrogens with zero attached hydrogens (tertiary/aromatic N) is 1. The van der Waals surface area contributed by atoms with Crippen molar-refractivity contribution in [3.05, 3.63) is 29.3 Å². The maximum Gasteiger partial charge on any atom is 0.183 e. The summed E-state index contributed by atoms with van der Waals surface area (Å²) in [4.78, 5) is 4.50. The Morgan fingerprint density at radius 3 is 2.53 bits per heavy atom. The first-order valence-corrected chi connectivity index (χ1v) is 7.32. The molecule has 1 aromatic carbocycles. The zero-order valence-corrected chi connectivity index (χ0v) is 12.0. The van der Waals surface area contributed by atoms with E-state index < -0.39 is 12.4 Å². The molecule has 1 aromatic heterocycles. The van der Waals surface area contributed by atoms with E-state index in [1.165, 1.54) is 0 Å². The monoisotopic (exact) mass is 281 g/mol. The maximum absolute atomic E-state index is 10.2. The van der Waals surface area contributed by atoms with Crippen molar-refractivity contribution in [1.29, 1.82) is 0 Å². The van der Waals surface area contributed by atoms with Gasteiger partial charge in [-0.15, -0.1) is 11.3 Å². The van der Waals surface area contributed by atoms with Crippen molar-refractivity contribution in [2.24, 2.45) is 0 Å². The zero-order chi connectivity index (χ0) is 13.7. The molecule has 0 bridgehead atoms. The van der Waals surface area contributed by atoms with Gasteiger partial charge in [0.15, 0.2) is 6.29 Å². The van der Waals surface area contributed by atoms with Crippen LogP contribution < -0.4 is 0 Å². The molecule has 5 heteroatoms. The van der Waals surface area contributed by atoms with E-state index in [0.717, 1.165) is 15.2 Å². The Labute approximate surface area is 117 Å². The molecular formula is C14H19NO3S. The Bertz CT molecular complexity index is 475. The highest BCUT2D eigenvalue weighted by Crippen LogP contribution is 2.23. The molecule has 2 rings (SSSR count). The number of para-hydroxylation sites is 1. The van der Waals surface area contributed by atoms with Gasteiger partial charge < -0.3 is 14.6 Å². The van der Waals surface area contributed by atoms with Gasteiger partial charge in [0.25, 0.3) is 0 Å². The van der Waals surface area contributed by atoms with Gasteiger partial charge in [0.2, 0.25) is 0 Å². The predicted octanol–water partition coefficient (Wildman–Crippen LogP) is 2.60. The molecule has 1 N–H and O–H groups in total. The van der Waals surface area contributed by atoms with Gasteiger partial charge in [-0.2, -0.15) is 0 Å². The molecule has 104 valence electrons. The van der Waals surface area contributed by atoms with Crippen LogP contribution in [0.4, 0.5) is 0 Å². The van der Waals surface area contributed by atoms with Gasteiger partial charge >= 0.3 is 0 Å². The van der Waals surface area contributed by atoms with Crippen molar-refractivity contribution in [3.63, 3.8) is 0 Å². The molecule has 0 aliphatic rings. The minimum absolute atomic E-state index is 0.448. The smallest absolute Gasteiger partial charge is 0.183 e. The number of benzene rings is 1. The summed E-state index contributed by atoms with van der Waals surface area (Å²) < 4.78 is 11.9. The van der Waals surface area contributed by atoms with Gasteiger partial charge in [-0.25, -0.2) is 4.98 Å². The molecular weight excluding hydrogens is 262 g/mol. The van der Waals surface area contributed by atoms with Crippen LogP contribution in [0.5, 0.6) is 0 Å². The lowest BCUT2D eigenvalue weighted by atomic mass is 10.2. The van der Waals surface area contributed by atoms with Gasteiger partial charge in [-0.1, -0.05) is 12.1 Å². The van der Waals surface area contributed by atoms with E-state index in [2.05, 4.69) is 4.98 Å². The van der Waals surface area contributed by atoms with Crippen molar-refractivity contribution in [2.45, 2.75) is 32.7 Å². The molecule has 0 fully saturated rings. The summed E-state index contributed by atoms with van der Waals surface area (Å²) in [6, 6.07) is 7.96. The van der Waals surface area contributed by atoms with Crippen molar-refractivity contribution >= 4 is 21.6 Å². The lowest BCUT2D eigenvalue weighted by Gasteiger charge is -2.21. The van der Waals surface area contributed by atoms with Crippen LogP contribution in [0.25, 0.3) is 10.2 Å². The van der Waals surface area contributed by atoms with E-state index >= 15 is 0 Å². The van der Waals surface area contributed by atoms with Crippen LogP contribution in [0.2, 0.25) is 0 Å². The molecule has 4 nitrogen and oxygen atoms in total. The summed E-state index contributed by atoms with van der Waals surface area (Å²) >= 11 is 1.60. The number of rotatable bonds is 7. The quantitative estimate of drug-likeness (QED) is 0.793. The molecule has 0 aliphatic carbocycles. The van der Waals surface area contributed by atoms with Crippen molar-refractivity contribution < 1.29 is 14.6 Å². The zero-order valence-electron chi connectivity index (χ0n) is 11.2. The number of aromatic nitrogens is 1. The van der Waals surface area contributed by atoms with Crippen LogP contribution in [0, 0.1) is 0 Å². The second kappa shape index (κ2) is 6.96. The molecule has 1 atom stereocenters. The molecule has 1 heterocycles. The van der Waals surface area contributed by atoms with E-state index in [4.69, 9.17) is 9.47 Å². The lowest BCUT2D eigenvalue weighted by molar-refractivity contribution is -0.188. The minimum atomic E-state index is -0.694. The Morgan fingerprint density at radius 1 is 1.21 bits per heavy atom. The largest absolute Gasteiger partial charge is 0.387 e. The van der Waals surface area contributed by atoms with Crippen molar-refractivity contribution in [1.82, 2.24) is 4.98 Å². The molecule has 2 aromatic rings. The third-order valence-corrected chi connectivity index (χ3v) is 3.76. The third-order valence-electron chi connectivity index (χ3n) is 2.70. The minimum Gasteiger partial charge on any atom is -0.387 e. The molecule has 0 amide bonds. The number of hydrogen-bond acceptors (Lipinski definition) is 5. The fourth-order valence-electron chi connectivity index (χ4n) is 1.88. The Hall–Kier alpha value is -1.01. The van der Waals surface area contributed by atoms with Gasteiger partial charge in [0.05, 0.1) is 15.2 Å². The number of aliphatic hydroxyl groups is 1. The number of ether oxygens (including phenoxy) is 2. The molecule has 0 saturated heterocycles. The summed E-state index contributed by atoms with van der Waals surface area (Å²) in [5.41, 5.74) is 0.971. The van der Waals surface area contributed by atoms with Crippen LogP contribution in [-0.2, 0) is 15.9 Å². The van der Waals surface area contributed by atoms with Gasteiger partial charge in [0.1, 0.15) is 6.10 Å². The summed E-state index contributed by atoms with van der Waals surface area (Å²) in [7, 11) is 0. The van der Waals surface area contributed by atoms with Crippen LogP contribution in [0.3, 0.4) is 0 Å². The first kappa shape index (κ1) is 14.4. The molecule has 0 spiro atoms.